The topological polar surface area (TPSA) is 56.7 Å². The minimum absolute atomic E-state index is 0.0125. The summed E-state index contributed by atoms with van der Waals surface area (Å²) in [5, 5.41) is 7.40. The van der Waals surface area contributed by atoms with Crippen LogP contribution in [0.3, 0.4) is 0 Å². The van der Waals surface area contributed by atoms with Crippen molar-refractivity contribution in [2.24, 2.45) is 5.73 Å². The van der Waals surface area contributed by atoms with E-state index in [1.807, 2.05) is 0 Å². The van der Waals surface area contributed by atoms with Gasteiger partial charge in [-0.15, -0.1) is 10.2 Å². The van der Waals surface area contributed by atoms with Gasteiger partial charge in [-0.1, -0.05) is 12.1 Å². The van der Waals surface area contributed by atoms with Crippen LogP contribution in [0, 0.1) is 0 Å². The van der Waals surface area contributed by atoms with Crippen molar-refractivity contribution < 1.29 is 13.2 Å². The minimum atomic E-state index is -4.42. The maximum absolute atomic E-state index is 12.9. The summed E-state index contributed by atoms with van der Waals surface area (Å²) in [5.74, 6) is 0.411. The molecule has 0 aliphatic heterocycles. The smallest absolute Gasteiger partial charge is 0.330 e. The zero-order chi connectivity index (χ0) is 13.2. The van der Waals surface area contributed by atoms with Gasteiger partial charge in [-0.25, -0.2) is 0 Å². The number of benzene rings is 1. The predicted octanol–water partition coefficient (Wildman–Crippen LogP) is 1.79. The molecule has 0 fully saturated rings. The largest absolute Gasteiger partial charge is 0.418 e. The molecule has 96 valence electrons. The Bertz CT molecular complexity index is 533. The summed E-state index contributed by atoms with van der Waals surface area (Å²) in [7, 11) is 0. The molecule has 1 aromatic carbocycles. The first-order chi connectivity index (χ1) is 8.54. The number of rotatable bonds is 3. The van der Waals surface area contributed by atoms with Crippen LogP contribution in [0.25, 0.3) is 5.69 Å². The van der Waals surface area contributed by atoms with Gasteiger partial charge < -0.3 is 5.73 Å². The Labute approximate surface area is 101 Å². The number of nitrogens with zero attached hydrogens (tertiary/aromatic N) is 3. The van der Waals surface area contributed by atoms with Crippen LogP contribution in [0.2, 0.25) is 0 Å². The molecule has 0 aliphatic carbocycles. The van der Waals surface area contributed by atoms with Crippen molar-refractivity contribution in [2.45, 2.75) is 12.6 Å². The Balaban J connectivity index is 2.54. The first-order valence-corrected chi connectivity index (χ1v) is 5.29. The van der Waals surface area contributed by atoms with Crippen molar-refractivity contribution in [3.8, 4) is 5.69 Å². The Kier molecular flexibility index (Phi) is 3.33. The van der Waals surface area contributed by atoms with Crippen molar-refractivity contribution in [1.29, 1.82) is 0 Å². The van der Waals surface area contributed by atoms with Crippen LogP contribution in [-0.2, 0) is 12.6 Å². The summed E-state index contributed by atoms with van der Waals surface area (Å²) in [6.07, 6.45) is -2.79. The fraction of sp³-hybridized carbons (Fsp3) is 0.273. The summed E-state index contributed by atoms with van der Waals surface area (Å²) in [5.41, 5.74) is 4.68. The first-order valence-electron chi connectivity index (χ1n) is 5.29. The molecule has 0 atom stereocenters. The van der Waals surface area contributed by atoms with Crippen LogP contribution >= 0.6 is 0 Å². The summed E-state index contributed by atoms with van der Waals surface area (Å²) in [4.78, 5) is 0. The number of para-hydroxylation sites is 1. The Morgan fingerprint density at radius 1 is 1.22 bits per heavy atom. The van der Waals surface area contributed by atoms with E-state index in [4.69, 9.17) is 5.73 Å². The minimum Gasteiger partial charge on any atom is -0.330 e. The van der Waals surface area contributed by atoms with Crippen LogP contribution in [0.5, 0.6) is 0 Å². The average Bonchev–Trinajstić information content (AvgIpc) is 2.77. The highest BCUT2D eigenvalue weighted by molar-refractivity contribution is 5.43. The number of halogens is 3. The molecule has 0 saturated heterocycles. The maximum Gasteiger partial charge on any atom is 0.418 e. The van der Waals surface area contributed by atoms with Crippen LogP contribution in [0.15, 0.2) is 30.6 Å². The fourth-order valence-electron chi connectivity index (χ4n) is 1.68. The van der Waals surface area contributed by atoms with Gasteiger partial charge in [0, 0.05) is 6.42 Å². The summed E-state index contributed by atoms with van der Waals surface area (Å²) in [6.45, 7) is 0.298. The second-order valence-electron chi connectivity index (χ2n) is 3.67. The zero-order valence-electron chi connectivity index (χ0n) is 9.35. The van der Waals surface area contributed by atoms with Crippen molar-refractivity contribution in [1.82, 2.24) is 14.8 Å². The van der Waals surface area contributed by atoms with Gasteiger partial charge in [0.05, 0.1) is 11.3 Å². The number of aromatic nitrogens is 3. The molecule has 18 heavy (non-hydrogen) atoms. The van der Waals surface area contributed by atoms with Crippen LogP contribution < -0.4 is 5.73 Å². The molecule has 0 amide bonds. The van der Waals surface area contributed by atoms with Gasteiger partial charge >= 0.3 is 6.18 Å². The molecule has 0 unspecified atom stereocenters. The lowest BCUT2D eigenvalue weighted by atomic mass is 10.1. The third-order valence-electron chi connectivity index (χ3n) is 2.46. The number of hydrogen-bond donors (Lipinski definition) is 1. The van der Waals surface area contributed by atoms with E-state index in [-0.39, 0.29) is 5.69 Å². The predicted molar refractivity (Wildman–Crippen MR) is 59.1 cm³/mol. The molecule has 0 bridgehead atoms. The van der Waals surface area contributed by atoms with E-state index in [1.165, 1.54) is 29.1 Å². The molecule has 0 saturated carbocycles. The van der Waals surface area contributed by atoms with Crippen LogP contribution in [-0.4, -0.2) is 21.3 Å². The van der Waals surface area contributed by atoms with Gasteiger partial charge in [-0.3, -0.25) is 4.57 Å². The Hall–Kier alpha value is -1.89. The highest BCUT2D eigenvalue weighted by atomic mass is 19.4. The molecule has 0 radical (unpaired) electrons. The average molecular weight is 256 g/mol. The van der Waals surface area contributed by atoms with E-state index in [2.05, 4.69) is 10.2 Å². The standard InChI is InChI=1S/C11H11F3N4/c12-11(13,14)8-3-1-2-4-9(8)18-7-16-17-10(18)5-6-15/h1-4,7H,5-6,15H2. The molecule has 0 spiro atoms. The molecule has 2 aromatic rings. The molecule has 2 rings (SSSR count). The van der Waals surface area contributed by atoms with E-state index in [0.29, 0.717) is 18.8 Å². The van der Waals surface area contributed by atoms with Gasteiger partial charge in [0.15, 0.2) is 0 Å². The van der Waals surface area contributed by atoms with E-state index in [9.17, 15) is 13.2 Å². The molecule has 2 N–H and O–H groups in total. The summed E-state index contributed by atoms with van der Waals surface area (Å²) < 4.78 is 40.0. The fourth-order valence-corrected chi connectivity index (χ4v) is 1.68. The number of hydrogen-bond acceptors (Lipinski definition) is 3. The lowest BCUT2D eigenvalue weighted by molar-refractivity contribution is -0.137. The third-order valence-corrected chi connectivity index (χ3v) is 2.46. The number of alkyl halides is 3. The molecular weight excluding hydrogens is 245 g/mol. The molecule has 4 nitrogen and oxygen atoms in total. The van der Waals surface area contributed by atoms with Crippen LogP contribution in [0.1, 0.15) is 11.4 Å². The highest BCUT2D eigenvalue weighted by Gasteiger charge is 2.34. The van der Waals surface area contributed by atoms with Crippen molar-refractivity contribution >= 4 is 0 Å². The first kappa shape index (κ1) is 12.6. The van der Waals surface area contributed by atoms with E-state index in [0.717, 1.165) is 6.07 Å². The lowest BCUT2D eigenvalue weighted by Crippen LogP contribution is -2.13. The Morgan fingerprint density at radius 3 is 2.61 bits per heavy atom. The third kappa shape index (κ3) is 2.35. The second kappa shape index (κ2) is 4.77. The quantitative estimate of drug-likeness (QED) is 0.910. The monoisotopic (exact) mass is 256 g/mol. The zero-order valence-corrected chi connectivity index (χ0v) is 9.35. The molecule has 0 aliphatic rings. The van der Waals surface area contributed by atoms with Gasteiger partial charge in [-0.2, -0.15) is 13.2 Å². The molecule has 7 heteroatoms. The van der Waals surface area contributed by atoms with Gasteiger partial charge in [-0.05, 0) is 18.7 Å². The number of nitrogens with two attached hydrogens (primary N) is 1. The molecular formula is C11H11F3N4. The molecule has 1 aromatic heterocycles. The van der Waals surface area contributed by atoms with Gasteiger partial charge in [0.25, 0.3) is 0 Å². The molecule has 1 heterocycles. The van der Waals surface area contributed by atoms with Crippen molar-refractivity contribution in [3.05, 3.63) is 42.0 Å². The SMILES string of the molecule is NCCc1nncn1-c1ccccc1C(F)(F)F. The lowest BCUT2D eigenvalue weighted by Gasteiger charge is -2.14. The van der Waals surface area contributed by atoms with Crippen molar-refractivity contribution in [2.75, 3.05) is 6.54 Å². The normalized spacial score (nSPS) is 11.8. The maximum atomic E-state index is 12.9. The summed E-state index contributed by atoms with van der Waals surface area (Å²) in [6, 6.07) is 5.30. The van der Waals surface area contributed by atoms with E-state index >= 15 is 0 Å². The van der Waals surface area contributed by atoms with E-state index in [1.54, 1.807) is 0 Å². The Morgan fingerprint density at radius 2 is 1.94 bits per heavy atom. The van der Waals surface area contributed by atoms with Crippen molar-refractivity contribution in [3.63, 3.8) is 0 Å². The van der Waals surface area contributed by atoms with Crippen LogP contribution in [0.4, 0.5) is 13.2 Å². The van der Waals surface area contributed by atoms with Gasteiger partial charge in [0.2, 0.25) is 0 Å². The second-order valence-corrected chi connectivity index (χ2v) is 3.67. The van der Waals surface area contributed by atoms with E-state index < -0.39 is 11.7 Å². The highest BCUT2D eigenvalue weighted by Crippen LogP contribution is 2.33. The van der Waals surface area contributed by atoms with Gasteiger partial charge in [0.1, 0.15) is 12.2 Å². The summed E-state index contributed by atoms with van der Waals surface area (Å²) >= 11 is 0.